The fraction of sp³-hybridized carbons (Fsp3) is 0.493. The number of aliphatic carboxylic acids is 1. The van der Waals surface area contributed by atoms with Gasteiger partial charge in [0.05, 0.1) is 12.5 Å². The van der Waals surface area contributed by atoms with Gasteiger partial charge in [-0.1, -0.05) is 42.5 Å². The van der Waals surface area contributed by atoms with Gasteiger partial charge in [-0.3, -0.25) is 82.1 Å². The summed E-state index contributed by atoms with van der Waals surface area (Å²) in [6, 6.07) is -8.13. The van der Waals surface area contributed by atoms with Crippen LogP contribution < -0.4 is 80.2 Å². The molecule has 117 heavy (non-hydrogen) atoms. The summed E-state index contributed by atoms with van der Waals surface area (Å²) in [5.41, 5.74) is 6.93. The number of nitrogens with two attached hydrogens (primary N) is 1. The second-order valence-electron chi connectivity index (χ2n) is 28.8. The van der Waals surface area contributed by atoms with Crippen LogP contribution >= 0.6 is 0 Å². The number of esters is 2. The van der Waals surface area contributed by atoms with Crippen molar-refractivity contribution in [1.82, 2.24) is 84.3 Å². The first-order valence-corrected chi connectivity index (χ1v) is 37.9. The molecule has 14 amide bonds. The van der Waals surface area contributed by atoms with E-state index in [1.165, 1.54) is 54.7 Å². The standard InChI is InChI=1S/C75H98N18O24/c1-35(81-69(109)57(36(2)94)82-38(4)95)61(101)91-58-37(3)117-56(99)32-50-66(106)86-49(31-41-33-80-45-12-6-5-11-44(41)45)65(105)84-48-24-25-55(98)116-34-53(67(107)87-50)90-68(108)54-15-10-28-93(54)73(113)51(29-39-16-20-42(96)21-17-39)88-63(103)46(83-62(102)47(85-70(58)110)14-9-27-79-75(76)77)13-7-8-26-78-72(112)60(100)59(92-64(48)104)71(111)89-52(74(114)115)30-40-18-22-43(97)23-19-40/h5-6,11-12,16-23,33,35-37,46-54,57-60,80,94,96-97,100H,7-10,13-15,24-32,34H2,1-4H3,(H,78,112)(H,81,109)(H,82,95)(H,83,102)(H,84,105)(H,85,110)(H,86,106)(H,87,107)(H,88,103)(H,89,111)(H,90,108)(H,91,101)(H,92,104)(H,114,115)(H4,76,77,79)/t35-,36+,37+,46-,47-,48-,49+,50-,51-,52-,53-,54-,57-,58+,59-,60-/m0/s1. The third kappa shape index (κ3) is 25.7. The molecular weight excluding hydrogens is 1540 g/mol. The van der Waals surface area contributed by atoms with Crippen molar-refractivity contribution in [2.75, 3.05) is 26.2 Å². The van der Waals surface area contributed by atoms with Gasteiger partial charge in [-0.15, -0.1) is 0 Å². The number of para-hydroxylation sites is 1. The lowest BCUT2D eigenvalue weighted by molar-refractivity contribution is -0.154. The van der Waals surface area contributed by atoms with Crippen molar-refractivity contribution in [2.45, 2.75) is 208 Å². The molecule has 5 heterocycles. The summed E-state index contributed by atoms with van der Waals surface area (Å²) >= 11 is 0. The summed E-state index contributed by atoms with van der Waals surface area (Å²) in [4.78, 5) is 253. The van der Waals surface area contributed by atoms with E-state index in [0.717, 1.165) is 32.6 Å². The Bertz CT molecular complexity index is 4370. The molecule has 0 unspecified atom stereocenters. The number of carboxylic acids is 1. The van der Waals surface area contributed by atoms with E-state index >= 15 is 43.2 Å². The summed E-state index contributed by atoms with van der Waals surface area (Å²) in [6.45, 7) is 2.40. The van der Waals surface area contributed by atoms with Crippen LogP contribution in [0.5, 0.6) is 11.5 Å². The van der Waals surface area contributed by atoms with E-state index in [1.54, 1.807) is 24.3 Å². The van der Waals surface area contributed by atoms with Crippen LogP contribution in [0.2, 0.25) is 0 Å². The molecule has 632 valence electrons. The summed E-state index contributed by atoms with van der Waals surface area (Å²) in [7, 11) is 0. The van der Waals surface area contributed by atoms with E-state index in [0.29, 0.717) is 22.0 Å². The number of aromatic amines is 1. The highest BCUT2D eigenvalue weighted by Crippen LogP contribution is 2.24. The predicted octanol–water partition coefficient (Wildman–Crippen LogP) is -6.48. The monoisotopic (exact) mass is 1630 g/mol. The molecule has 8 rings (SSSR count). The van der Waals surface area contributed by atoms with Crippen LogP contribution in [0, 0.1) is 5.41 Å². The fourth-order valence-corrected chi connectivity index (χ4v) is 13.4. The first-order valence-electron chi connectivity index (χ1n) is 37.9. The van der Waals surface area contributed by atoms with Crippen molar-refractivity contribution in [1.29, 1.82) is 5.41 Å². The molecule has 4 aliphatic rings. The molecule has 3 aromatic carbocycles. The minimum Gasteiger partial charge on any atom is -0.508 e. The molecule has 1 aromatic heterocycles. The molecule has 0 saturated carbocycles. The number of hydrogen-bond acceptors (Lipinski definition) is 24. The molecule has 23 N–H and O–H groups in total. The number of nitrogens with one attached hydrogen (secondary N) is 16. The number of H-pyrrole nitrogens is 1. The van der Waals surface area contributed by atoms with Crippen LogP contribution in [0.1, 0.15) is 109 Å². The number of benzene rings is 3. The largest absolute Gasteiger partial charge is 0.508 e. The van der Waals surface area contributed by atoms with Crippen LogP contribution in [-0.4, -0.2) is 265 Å². The number of fused-ring (bicyclic) bond motifs is 13. The van der Waals surface area contributed by atoms with Crippen LogP contribution in [0.4, 0.5) is 0 Å². The molecule has 4 fully saturated rings. The second kappa shape index (κ2) is 41.8. The SMILES string of the molecule is CC(=O)N[C@H](C(=O)N[C@@H](C)C(=O)N[C@H]1C(=O)N[C@@H](CCCNC(=N)N)C(=O)N[C@H]2CCCCNC(=O)[C@@H](O)[C@@H](C(=O)N[C@@H](Cc3ccc(O)cc3)C(=O)O)NC(=O)[C@@H]3CCC(=O)OC[C@H](NC(=O)[C@@H]4CCCN4C(=O)[C@H](Cc4ccc(O)cc4)NC2=O)C(=O)N[C@@H](CC(=O)O[C@@H]1C)C(=O)N[C@H](Cc1c[nH]c2ccccc12)C(=O)N3)[C@@H](C)O. The Morgan fingerprint density at radius 1 is 0.641 bits per heavy atom. The van der Waals surface area contributed by atoms with Crippen molar-refractivity contribution in [3.8, 4) is 11.5 Å². The average molecular weight is 1640 g/mol. The second-order valence-corrected chi connectivity index (χ2v) is 28.8. The molecule has 4 bridgehead atoms. The number of aromatic hydroxyl groups is 2. The number of nitrogens with zero attached hydrogens (tertiary/aromatic N) is 1. The van der Waals surface area contributed by atoms with Gasteiger partial charge in [0.25, 0.3) is 5.91 Å². The number of hydrogen-bond donors (Lipinski definition) is 22. The van der Waals surface area contributed by atoms with Gasteiger partial charge in [0.2, 0.25) is 76.8 Å². The molecule has 4 aliphatic heterocycles. The van der Waals surface area contributed by atoms with E-state index < -0.39 is 262 Å². The van der Waals surface area contributed by atoms with E-state index in [9.17, 15) is 63.9 Å². The van der Waals surface area contributed by atoms with Gasteiger partial charge in [0.1, 0.15) is 103 Å². The highest BCUT2D eigenvalue weighted by Gasteiger charge is 2.45. The Balaban J connectivity index is 1.32. The van der Waals surface area contributed by atoms with Crippen molar-refractivity contribution >= 4 is 117 Å². The maximum absolute atomic E-state index is 15.5. The van der Waals surface area contributed by atoms with Gasteiger partial charge < -0.3 is 125 Å². The molecular formula is C75H98N18O24. The number of phenols is 2. The topological polar surface area (TPSA) is 647 Å². The maximum atomic E-state index is 15.5. The van der Waals surface area contributed by atoms with Crippen LogP contribution in [0.25, 0.3) is 10.9 Å². The number of cyclic esters (lactones) is 1. The Kier molecular flexibility index (Phi) is 32.0. The number of carbonyl (C=O) groups excluding carboxylic acids is 16. The molecule has 16 atom stereocenters. The number of carboxylic acid groups (broad SMARTS) is 1. The molecule has 42 nitrogen and oxygen atoms in total. The minimum atomic E-state index is -2.68. The van der Waals surface area contributed by atoms with Gasteiger partial charge in [0, 0.05) is 69.3 Å². The third-order valence-electron chi connectivity index (χ3n) is 19.7. The summed E-state index contributed by atoms with van der Waals surface area (Å²) in [5.74, 6) is -22.7. The number of guanidine groups is 1. The molecule has 0 spiro atoms. The predicted molar refractivity (Wildman–Crippen MR) is 407 cm³/mol. The lowest BCUT2D eigenvalue weighted by atomic mass is 10.0. The molecule has 4 aromatic rings. The first-order chi connectivity index (χ1) is 55.5. The Morgan fingerprint density at radius 2 is 1.25 bits per heavy atom. The number of ether oxygens (including phenoxy) is 2. The Labute approximate surface area is 668 Å². The molecule has 42 heteroatoms. The van der Waals surface area contributed by atoms with Crippen molar-refractivity contribution in [3.05, 3.63) is 95.7 Å². The summed E-state index contributed by atoms with van der Waals surface area (Å²) < 4.78 is 11.4. The number of aromatic nitrogens is 1. The lowest BCUT2D eigenvalue weighted by Gasteiger charge is -2.31. The smallest absolute Gasteiger partial charge is 0.326 e. The van der Waals surface area contributed by atoms with E-state index in [4.69, 9.17) is 20.6 Å². The van der Waals surface area contributed by atoms with Gasteiger partial charge >= 0.3 is 17.9 Å². The number of aliphatic hydroxyl groups is 2. The summed E-state index contributed by atoms with van der Waals surface area (Å²) in [6.07, 6.45) is -10.6. The maximum Gasteiger partial charge on any atom is 0.326 e. The van der Waals surface area contributed by atoms with Crippen LogP contribution in [-0.2, 0) is 110 Å². The number of carbonyl (C=O) groups is 17. The fourth-order valence-electron chi connectivity index (χ4n) is 13.4. The molecule has 4 saturated heterocycles. The molecule has 0 aliphatic carbocycles. The Hall–Kier alpha value is -13.0. The van der Waals surface area contributed by atoms with Gasteiger partial charge in [-0.2, -0.15) is 0 Å². The van der Waals surface area contributed by atoms with Crippen LogP contribution in [0.15, 0.2) is 79.0 Å². The van der Waals surface area contributed by atoms with Gasteiger partial charge in [-0.05, 0) is 119 Å². The van der Waals surface area contributed by atoms with Crippen molar-refractivity contribution < 1.29 is 117 Å². The zero-order valence-electron chi connectivity index (χ0n) is 64.3. The van der Waals surface area contributed by atoms with Crippen molar-refractivity contribution in [2.24, 2.45) is 5.73 Å². The average Bonchev–Trinajstić information content (AvgIpc) is 1.67. The quantitative estimate of drug-likeness (QED) is 0.0180. The molecule has 0 radical (unpaired) electrons. The highest BCUT2D eigenvalue weighted by atomic mass is 16.5. The van der Waals surface area contributed by atoms with Crippen molar-refractivity contribution in [3.63, 3.8) is 0 Å². The first kappa shape index (κ1) is 89.5. The van der Waals surface area contributed by atoms with E-state index in [-0.39, 0.29) is 68.7 Å². The lowest BCUT2D eigenvalue weighted by Crippen LogP contribution is -2.63. The number of aliphatic hydroxyl groups excluding tert-OH is 2. The Morgan fingerprint density at radius 3 is 1.91 bits per heavy atom. The van der Waals surface area contributed by atoms with Crippen LogP contribution in [0.3, 0.4) is 0 Å². The summed E-state index contributed by atoms with van der Waals surface area (Å²) in [5, 5.41) is 95.1. The number of rotatable bonds is 19. The highest BCUT2D eigenvalue weighted by molar-refractivity contribution is 6.02. The van der Waals surface area contributed by atoms with Gasteiger partial charge in [0.15, 0.2) is 12.1 Å². The minimum absolute atomic E-state index is 0.112. The normalized spacial score (nSPS) is 25.1. The zero-order chi connectivity index (χ0) is 85.5. The van der Waals surface area contributed by atoms with E-state index in [1.807, 2.05) is 0 Å². The van der Waals surface area contributed by atoms with Gasteiger partial charge in [-0.25, -0.2) is 4.79 Å². The van der Waals surface area contributed by atoms with E-state index in [2.05, 4.69) is 79.4 Å². The number of phenolic OH excluding ortho intramolecular Hbond substituents is 2. The number of amides is 14. The zero-order valence-corrected chi connectivity index (χ0v) is 64.3. The third-order valence-corrected chi connectivity index (χ3v) is 19.7.